The summed E-state index contributed by atoms with van der Waals surface area (Å²) in [5.74, 6) is -0.828. The van der Waals surface area contributed by atoms with E-state index in [9.17, 15) is 14.5 Å². The Kier molecular flexibility index (Phi) is 2.58. The molecule has 106 valence electrons. The number of aromatic nitrogens is 2. The van der Waals surface area contributed by atoms with Crippen LogP contribution in [0.3, 0.4) is 0 Å². The summed E-state index contributed by atoms with van der Waals surface area (Å²) in [4.78, 5) is 16.9. The van der Waals surface area contributed by atoms with Crippen LogP contribution in [0.5, 0.6) is 0 Å². The van der Waals surface area contributed by atoms with Gasteiger partial charge in [0.15, 0.2) is 4.96 Å². The van der Waals surface area contributed by atoms with Crippen molar-refractivity contribution in [1.82, 2.24) is 9.38 Å². The van der Waals surface area contributed by atoms with E-state index in [1.165, 1.54) is 22.7 Å². The molecule has 7 heteroatoms. The number of hydrogen-bond donors (Lipinski definition) is 0. The van der Waals surface area contributed by atoms with E-state index in [1.54, 1.807) is 11.3 Å². The van der Waals surface area contributed by atoms with Crippen molar-refractivity contribution >= 4 is 22.0 Å². The van der Waals surface area contributed by atoms with Gasteiger partial charge in [0.25, 0.3) is 0 Å². The number of hydrogen-bond acceptors (Lipinski definition) is 4. The van der Waals surface area contributed by atoms with Crippen LogP contribution in [-0.4, -0.2) is 14.3 Å². The van der Waals surface area contributed by atoms with Crippen LogP contribution in [0.4, 0.5) is 10.1 Å². The Morgan fingerprint density at radius 3 is 3.05 bits per heavy atom. The Morgan fingerprint density at radius 2 is 2.24 bits per heavy atom. The Labute approximate surface area is 122 Å². The zero-order chi connectivity index (χ0) is 14.6. The van der Waals surface area contributed by atoms with E-state index in [1.807, 2.05) is 6.20 Å². The van der Waals surface area contributed by atoms with Gasteiger partial charge in [-0.1, -0.05) is 0 Å². The summed E-state index contributed by atoms with van der Waals surface area (Å²) in [5.41, 5.74) is 1.96. The molecule has 0 atom stereocenters. The number of halogens is 1. The number of nitro benzene ring substituents is 1. The van der Waals surface area contributed by atoms with Gasteiger partial charge in [-0.15, -0.1) is 11.3 Å². The van der Waals surface area contributed by atoms with Crippen molar-refractivity contribution in [3.63, 3.8) is 0 Å². The molecule has 21 heavy (non-hydrogen) atoms. The molecule has 0 amide bonds. The van der Waals surface area contributed by atoms with Gasteiger partial charge in [0, 0.05) is 28.4 Å². The molecular formula is C14H10FN3O2S. The van der Waals surface area contributed by atoms with Crippen molar-refractivity contribution in [2.75, 3.05) is 0 Å². The summed E-state index contributed by atoms with van der Waals surface area (Å²) in [6, 6.07) is 3.88. The largest absolute Gasteiger partial charge is 0.305 e. The monoisotopic (exact) mass is 303 g/mol. The maximum atomic E-state index is 13.4. The fourth-order valence-electron chi connectivity index (χ4n) is 2.75. The maximum absolute atomic E-state index is 13.4. The molecule has 0 saturated heterocycles. The molecule has 0 aliphatic heterocycles. The Morgan fingerprint density at radius 1 is 1.38 bits per heavy atom. The van der Waals surface area contributed by atoms with E-state index in [-0.39, 0.29) is 0 Å². The molecule has 1 aliphatic rings. The zero-order valence-electron chi connectivity index (χ0n) is 10.9. The van der Waals surface area contributed by atoms with Gasteiger partial charge in [-0.2, -0.15) is 4.39 Å². The van der Waals surface area contributed by atoms with Crippen molar-refractivity contribution in [2.45, 2.75) is 19.3 Å². The molecule has 0 unspecified atom stereocenters. The molecular weight excluding hydrogens is 293 g/mol. The Bertz CT molecular complexity index is 884. The number of fused-ring (bicyclic) bond motifs is 3. The molecule has 2 heterocycles. The van der Waals surface area contributed by atoms with E-state index in [4.69, 9.17) is 0 Å². The molecule has 0 fully saturated rings. The molecule has 0 spiro atoms. The normalized spacial score (nSPS) is 13.8. The van der Waals surface area contributed by atoms with Crippen LogP contribution in [-0.2, 0) is 12.8 Å². The van der Waals surface area contributed by atoms with E-state index in [0.29, 0.717) is 11.3 Å². The van der Waals surface area contributed by atoms with Gasteiger partial charge in [0.05, 0.1) is 10.6 Å². The van der Waals surface area contributed by atoms with Gasteiger partial charge in [0.2, 0.25) is 5.82 Å². The highest BCUT2D eigenvalue weighted by Crippen LogP contribution is 2.33. The first kappa shape index (κ1) is 12.5. The highest BCUT2D eigenvalue weighted by molar-refractivity contribution is 7.17. The predicted molar refractivity (Wildman–Crippen MR) is 77.1 cm³/mol. The molecule has 1 aromatic carbocycles. The van der Waals surface area contributed by atoms with Crippen LogP contribution in [0.1, 0.15) is 17.0 Å². The summed E-state index contributed by atoms with van der Waals surface area (Å²) in [7, 11) is 0. The van der Waals surface area contributed by atoms with Crippen molar-refractivity contribution < 1.29 is 9.31 Å². The predicted octanol–water partition coefficient (Wildman–Crippen LogP) is 3.60. The lowest BCUT2D eigenvalue weighted by Crippen LogP contribution is -1.93. The minimum absolute atomic E-state index is 0.519. The average molecular weight is 303 g/mol. The number of aryl methyl sites for hydroxylation is 2. The minimum atomic E-state index is -0.828. The van der Waals surface area contributed by atoms with Gasteiger partial charge in [-0.25, -0.2) is 4.98 Å². The first-order valence-electron chi connectivity index (χ1n) is 6.57. The average Bonchev–Trinajstić information content (AvgIpc) is 3.10. The second kappa shape index (κ2) is 4.36. The van der Waals surface area contributed by atoms with Crippen LogP contribution in [0.15, 0.2) is 24.4 Å². The number of nitro groups is 1. The van der Waals surface area contributed by atoms with E-state index in [0.717, 1.165) is 30.3 Å². The van der Waals surface area contributed by atoms with Crippen LogP contribution < -0.4 is 0 Å². The lowest BCUT2D eigenvalue weighted by molar-refractivity contribution is -0.387. The van der Waals surface area contributed by atoms with Crippen LogP contribution >= 0.6 is 11.3 Å². The SMILES string of the molecule is O=[N+]([O-])c1cc(-c2cn3c4c(sc3n2)CCC4)ccc1F. The molecule has 2 aromatic heterocycles. The number of nitrogens with zero attached hydrogens (tertiary/aromatic N) is 3. The lowest BCUT2D eigenvalue weighted by atomic mass is 10.1. The van der Waals surface area contributed by atoms with Crippen LogP contribution in [0.25, 0.3) is 16.2 Å². The zero-order valence-corrected chi connectivity index (χ0v) is 11.7. The van der Waals surface area contributed by atoms with Crippen molar-refractivity contribution in [1.29, 1.82) is 0 Å². The van der Waals surface area contributed by atoms with Crippen molar-refractivity contribution in [3.8, 4) is 11.3 Å². The highest BCUT2D eigenvalue weighted by atomic mass is 32.1. The van der Waals surface area contributed by atoms with Gasteiger partial charge in [-0.3, -0.25) is 14.5 Å². The topological polar surface area (TPSA) is 60.4 Å². The van der Waals surface area contributed by atoms with Gasteiger partial charge in [-0.05, 0) is 31.4 Å². The van der Waals surface area contributed by atoms with Crippen LogP contribution in [0.2, 0.25) is 0 Å². The second-order valence-corrected chi connectivity index (χ2v) is 6.09. The second-order valence-electron chi connectivity index (χ2n) is 5.03. The molecule has 3 aromatic rings. The minimum Gasteiger partial charge on any atom is -0.294 e. The summed E-state index contributed by atoms with van der Waals surface area (Å²) in [6.07, 6.45) is 5.18. The molecule has 1 aliphatic carbocycles. The third-order valence-electron chi connectivity index (χ3n) is 3.76. The van der Waals surface area contributed by atoms with Gasteiger partial charge < -0.3 is 0 Å². The smallest absolute Gasteiger partial charge is 0.294 e. The Hall–Kier alpha value is -2.28. The third kappa shape index (κ3) is 1.84. The molecule has 0 N–H and O–H groups in total. The first-order chi connectivity index (χ1) is 10.1. The first-order valence-corrected chi connectivity index (χ1v) is 7.39. The number of imidazole rings is 1. The molecule has 0 saturated carbocycles. The molecule has 4 rings (SSSR count). The summed E-state index contributed by atoms with van der Waals surface area (Å²) >= 11 is 1.66. The highest BCUT2D eigenvalue weighted by Gasteiger charge is 2.21. The Balaban J connectivity index is 1.85. The molecule has 0 radical (unpaired) electrons. The third-order valence-corrected chi connectivity index (χ3v) is 4.91. The lowest BCUT2D eigenvalue weighted by Gasteiger charge is -1.98. The van der Waals surface area contributed by atoms with E-state index in [2.05, 4.69) is 9.38 Å². The maximum Gasteiger partial charge on any atom is 0.305 e. The van der Waals surface area contributed by atoms with E-state index >= 15 is 0 Å². The number of benzene rings is 1. The number of thiazole rings is 1. The quantitative estimate of drug-likeness (QED) is 0.537. The summed E-state index contributed by atoms with van der Waals surface area (Å²) in [6.45, 7) is 0. The van der Waals surface area contributed by atoms with Crippen molar-refractivity contribution in [2.24, 2.45) is 0 Å². The van der Waals surface area contributed by atoms with Gasteiger partial charge >= 0.3 is 5.69 Å². The van der Waals surface area contributed by atoms with E-state index < -0.39 is 16.4 Å². The number of rotatable bonds is 2. The summed E-state index contributed by atoms with van der Waals surface area (Å²) < 4.78 is 15.4. The van der Waals surface area contributed by atoms with Crippen LogP contribution in [0, 0.1) is 15.9 Å². The fraction of sp³-hybridized carbons (Fsp3) is 0.214. The summed E-state index contributed by atoms with van der Waals surface area (Å²) in [5, 5.41) is 10.8. The fourth-order valence-corrected chi connectivity index (χ4v) is 3.94. The van der Waals surface area contributed by atoms with Gasteiger partial charge in [0.1, 0.15) is 0 Å². The van der Waals surface area contributed by atoms with Crippen molar-refractivity contribution in [3.05, 3.63) is 50.9 Å². The molecule has 0 bridgehead atoms. The standard InChI is InChI=1S/C14H10FN3O2S/c15-9-5-4-8(6-12(9)18(19)20)10-7-17-11-2-1-3-13(11)21-14(17)16-10/h4-7H,1-3H2. The molecule has 5 nitrogen and oxygen atoms in total.